The van der Waals surface area contributed by atoms with Gasteiger partial charge in [-0.2, -0.15) is 0 Å². The average Bonchev–Trinajstić information content (AvgIpc) is 2.38. The third-order valence-corrected chi connectivity index (χ3v) is 4.06. The Morgan fingerprint density at radius 2 is 2.11 bits per heavy atom. The summed E-state index contributed by atoms with van der Waals surface area (Å²) in [6.45, 7) is 3.93. The Hall–Kier alpha value is -0.800. The molecule has 0 radical (unpaired) electrons. The zero-order chi connectivity index (χ0) is 13.1. The van der Waals surface area contributed by atoms with Crippen molar-refractivity contribution in [1.82, 2.24) is 5.32 Å². The maximum absolute atomic E-state index is 14.2. The highest BCUT2D eigenvalue weighted by molar-refractivity contribution is 6.32. The first-order valence-corrected chi connectivity index (χ1v) is 6.73. The van der Waals surface area contributed by atoms with Crippen LogP contribution in [0.25, 0.3) is 0 Å². The summed E-state index contributed by atoms with van der Waals surface area (Å²) >= 11 is 6.04. The zero-order valence-corrected chi connectivity index (χ0v) is 11.6. The maximum Gasteiger partial charge on any atom is 0.173 e. The van der Waals surface area contributed by atoms with E-state index in [0.717, 1.165) is 43.5 Å². The van der Waals surface area contributed by atoms with Crippen LogP contribution >= 0.6 is 11.6 Å². The van der Waals surface area contributed by atoms with Crippen LogP contribution in [0.4, 0.5) is 4.39 Å². The number of piperidine rings is 1. The molecule has 1 fully saturated rings. The first-order valence-electron chi connectivity index (χ1n) is 6.35. The Morgan fingerprint density at radius 3 is 2.72 bits per heavy atom. The highest BCUT2D eigenvalue weighted by atomic mass is 35.5. The summed E-state index contributed by atoms with van der Waals surface area (Å²) < 4.78 is 19.3. The molecule has 1 aliphatic rings. The van der Waals surface area contributed by atoms with Crippen molar-refractivity contribution in [3.63, 3.8) is 0 Å². The predicted octanol–water partition coefficient (Wildman–Crippen LogP) is 3.34. The molecule has 0 aromatic heterocycles. The number of halogens is 2. The minimum absolute atomic E-state index is 0.181. The van der Waals surface area contributed by atoms with Crippen LogP contribution in [0.3, 0.4) is 0 Å². The molecule has 2 rings (SSSR count). The molecule has 1 aliphatic heterocycles. The van der Waals surface area contributed by atoms with Crippen molar-refractivity contribution in [2.75, 3.05) is 20.2 Å². The highest BCUT2D eigenvalue weighted by Gasteiger charge is 2.20. The lowest BCUT2D eigenvalue weighted by Gasteiger charge is -2.23. The number of ether oxygens (including phenoxy) is 1. The van der Waals surface area contributed by atoms with E-state index in [0.29, 0.717) is 10.9 Å². The summed E-state index contributed by atoms with van der Waals surface area (Å²) in [6, 6.07) is 1.85. The molecule has 1 aromatic rings. The number of aryl methyl sites for hydroxylation is 1. The predicted molar refractivity (Wildman–Crippen MR) is 72.0 cm³/mol. The minimum Gasteiger partial charge on any atom is -0.492 e. The van der Waals surface area contributed by atoms with Crippen molar-refractivity contribution in [2.24, 2.45) is 5.92 Å². The molecule has 0 bridgehead atoms. The van der Waals surface area contributed by atoms with Crippen LogP contribution in [-0.2, 0) is 6.42 Å². The lowest BCUT2D eigenvalue weighted by atomic mass is 9.90. The molecule has 0 saturated carbocycles. The Bertz CT molecular complexity index is 430. The van der Waals surface area contributed by atoms with E-state index in [9.17, 15) is 4.39 Å². The van der Waals surface area contributed by atoms with Crippen LogP contribution in [0, 0.1) is 18.7 Å². The highest BCUT2D eigenvalue weighted by Crippen LogP contribution is 2.34. The summed E-state index contributed by atoms with van der Waals surface area (Å²) in [7, 11) is 1.46. The van der Waals surface area contributed by atoms with Gasteiger partial charge in [-0.25, -0.2) is 4.39 Å². The molecule has 1 aromatic carbocycles. The molecule has 1 saturated heterocycles. The lowest BCUT2D eigenvalue weighted by Crippen LogP contribution is -2.28. The monoisotopic (exact) mass is 271 g/mol. The molecular formula is C14H19ClFNO. The first kappa shape index (κ1) is 13.6. The molecule has 0 aliphatic carbocycles. The summed E-state index contributed by atoms with van der Waals surface area (Å²) in [5, 5.41) is 3.70. The molecule has 1 N–H and O–H groups in total. The van der Waals surface area contributed by atoms with E-state index in [4.69, 9.17) is 16.3 Å². The van der Waals surface area contributed by atoms with Crippen LogP contribution in [-0.4, -0.2) is 20.2 Å². The fourth-order valence-electron chi connectivity index (χ4n) is 2.53. The van der Waals surface area contributed by atoms with Gasteiger partial charge in [0.1, 0.15) is 0 Å². The average molecular weight is 272 g/mol. The number of benzene rings is 1. The van der Waals surface area contributed by atoms with Gasteiger partial charge in [0.15, 0.2) is 11.6 Å². The van der Waals surface area contributed by atoms with Crippen LogP contribution in [0.15, 0.2) is 6.07 Å². The second-order valence-corrected chi connectivity index (χ2v) is 5.29. The molecule has 0 spiro atoms. The van der Waals surface area contributed by atoms with Crippen molar-refractivity contribution in [3.05, 3.63) is 28.0 Å². The van der Waals surface area contributed by atoms with E-state index in [2.05, 4.69) is 5.32 Å². The zero-order valence-electron chi connectivity index (χ0n) is 10.9. The number of hydrogen-bond acceptors (Lipinski definition) is 2. The normalized spacial score (nSPS) is 16.9. The summed E-state index contributed by atoms with van der Waals surface area (Å²) in [5.74, 6) is 0.429. The van der Waals surface area contributed by atoms with E-state index in [1.165, 1.54) is 7.11 Å². The fraction of sp³-hybridized carbons (Fsp3) is 0.571. The molecule has 1 heterocycles. The SMILES string of the molecule is COc1c(F)c(CC2CCNCC2)cc(C)c1Cl. The Morgan fingerprint density at radius 1 is 1.44 bits per heavy atom. The van der Waals surface area contributed by atoms with Crippen LogP contribution in [0.1, 0.15) is 24.0 Å². The fourth-order valence-corrected chi connectivity index (χ4v) is 2.75. The Balaban J connectivity index is 2.24. The van der Waals surface area contributed by atoms with Crippen molar-refractivity contribution < 1.29 is 9.13 Å². The van der Waals surface area contributed by atoms with Gasteiger partial charge >= 0.3 is 0 Å². The van der Waals surface area contributed by atoms with Gasteiger partial charge in [0.25, 0.3) is 0 Å². The third kappa shape index (κ3) is 2.78. The van der Waals surface area contributed by atoms with E-state index < -0.39 is 0 Å². The van der Waals surface area contributed by atoms with Gasteiger partial charge in [-0.05, 0) is 56.3 Å². The second kappa shape index (κ2) is 5.89. The molecule has 2 nitrogen and oxygen atoms in total. The molecule has 100 valence electrons. The number of hydrogen-bond donors (Lipinski definition) is 1. The van der Waals surface area contributed by atoms with Crippen LogP contribution < -0.4 is 10.1 Å². The van der Waals surface area contributed by atoms with Gasteiger partial charge in [0.2, 0.25) is 0 Å². The van der Waals surface area contributed by atoms with Crippen LogP contribution in [0.2, 0.25) is 5.02 Å². The molecule has 18 heavy (non-hydrogen) atoms. The molecule has 0 atom stereocenters. The number of rotatable bonds is 3. The van der Waals surface area contributed by atoms with E-state index in [-0.39, 0.29) is 11.6 Å². The Labute approximate surface area is 112 Å². The standard InChI is InChI=1S/C14H19ClFNO/c1-9-7-11(8-10-3-5-17-6-4-10)13(16)14(18-2)12(9)15/h7,10,17H,3-6,8H2,1-2H3. The van der Waals surface area contributed by atoms with Crippen molar-refractivity contribution in [1.29, 1.82) is 0 Å². The topological polar surface area (TPSA) is 21.3 Å². The maximum atomic E-state index is 14.2. The number of methoxy groups -OCH3 is 1. The van der Waals surface area contributed by atoms with Gasteiger partial charge in [-0.3, -0.25) is 0 Å². The van der Waals surface area contributed by atoms with Gasteiger partial charge < -0.3 is 10.1 Å². The van der Waals surface area contributed by atoms with Crippen molar-refractivity contribution >= 4 is 11.6 Å². The number of nitrogens with one attached hydrogen (secondary N) is 1. The third-order valence-electron chi connectivity index (χ3n) is 3.59. The molecule has 0 amide bonds. The minimum atomic E-state index is -0.299. The summed E-state index contributed by atoms with van der Waals surface area (Å²) in [4.78, 5) is 0. The molecule has 4 heteroatoms. The van der Waals surface area contributed by atoms with E-state index in [1.807, 2.05) is 13.0 Å². The largest absolute Gasteiger partial charge is 0.492 e. The van der Waals surface area contributed by atoms with Crippen LogP contribution in [0.5, 0.6) is 5.75 Å². The first-order chi connectivity index (χ1) is 8.63. The molecule has 0 unspecified atom stereocenters. The smallest absolute Gasteiger partial charge is 0.173 e. The lowest BCUT2D eigenvalue weighted by molar-refractivity contribution is 0.358. The van der Waals surface area contributed by atoms with Crippen molar-refractivity contribution in [3.8, 4) is 5.75 Å². The second-order valence-electron chi connectivity index (χ2n) is 4.91. The van der Waals surface area contributed by atoms with Crippen molar-refractivity contribution in [2.45, 2.75) is 26.2 Å². The summed E-state index contributed by atoms with van der Waals surface area (Å²) in [5.41, 5.74) is 1.60. The molecular weight excluding hydrogens is 253 g/mol. The summed E-state index contributed by atoms with van der Waals surface area (Å²) in [6.07, 6.45) is 2.97. The quantitative estimate of drug-likeness (QED) is 0.910. The van der Waals surface area contributed by atoms with E-state index in [1.54, 1.807) is 0 Å². The van der Waals surface area contributed by atoms with Gasteiger partial charge in [-0.1, -0.05) is 17.7 Å². The van der Waals surface area contributed by atoms with Gasteiger partial charge in [-0.15, -0.1) is 0 Å². The Kier molecular flexibility index (Phi) is 4.46. The van der Waals surface area contributed by atoms with E-state index >= 15 is 0 Å². The van der Waals surface area contributed by atoms with Gasteiger partial charge in [0, 0.05) is 0 Å². The van der Waals surface area contributed by atoms with Gasteiger partial charge in [0.05, 0.1) is 12.1 Å².